The van der Waals surface area contributed by atoms with Crippen LogP contribution in [-0.2, 0) is 9.59 Å². The van der Waals surface area contributed by atoms with Gasteiger partial charge in [0.2, 0.25) is 0 Å². The fraction of sp³-hybridized carbons (Fsp3) is 0.167. The van der Waals surface area contributed by atoms with Crippen LogP contribution >= 0.6 is 11.8 Å². The van der Waals surface area contributed by atoms with Crippen molar-refractivity contribution in [2.45, 2.75) is 49.3 Å². The monoisotopic (exact) mass is 652 g/mol. The molecule has 0 unspecified atom stereocenters. The largest absolute Gasteiger partial charge is 0.478 e. The molecular weight excluding hydrogens is 620 g/mol. The smallest absolute Gasteiger partial charge is 0.328 e. The van der Waals surface area contributed by atoms with Gasteiger partial charge in [-0.3, -0.25) is 20.2 Å². The average molecular weight is 653 g/mol. The summed E-state index contributed by atoms with van der Waals surface area (Å²) in [5, 5.41) is 44.4. The van der Waals surface area contributed by atoms with Crippen molar-refractivity contribution in [3.63, 3.8) is 0 Å². The van der Waals surface area contributed by atoms with Crippen LogP contribution in [0.1, 0.15) is 61.8 Å². The maximum atomic E-state index is 12.9. The van der Waals surface area contributed by atoms with Crippen molar-refractivity contribution in [1.82, 2.24) is 0 Å². The number of carboxylic acid groups (broad SMARTS) is 2. The lowest BCUT2D eigenvalue weighted by atomic mass is 9.89. The first kappa shape index (κ1) is 34.3. The Hall–Kier alpha value is -5.55. The molecule has 11 heteroatoms. The fourth-order valence-corrected chi connectivity index (χ4v) is 6.50. The second-order valence-electron chi connectivity index (χ2n) is 11.2. The molecule has 4 aromatic carbocycles. The molecule has 2 N–H and O–H groups in total. The van der Waals surface area contributed by atoms with Gasteiger partial charge in [-0.25, -0.2) is 9.59 Å². The Kier molecular flexibility index (Phi) is 10.7. The first-order valence-corrected chi connectivity index (χ1v) is 15.4. The van der Waals surface area contributed by atoms with E-state index in [1.807, 2.05) is 52.0 Å². The van der Waals surface area contributed by atoms with Gasteiger partial charge in [-0.15, -0.1) is 0 Å². The van der Waals surface area contributed by atoms with Crippen molar-refractivity contribution in [1.29, 1.82) is 0 Å². The number of benzene rings is 4. The van der Waals surface area contributed by atoms with Gasteiger partial charge in [0.05, 0.1) is 30.8 Å². The molecule has 0 saturated carbocycles. The molecule has 0 atom stereocenters. The van der Waals surface area contributed by atoms with Crippen molar-refractivity contribution in [2.24, 2.45) is 0 Å². The molecule has 0 aliphatic carbocycles. The van der Waals surface area contributed by atoms with Crippen LogP contribution in [0.3, 0.4) is 0 Å². The predicted molar refractivity (Wildman–Crippen MR) is 183 cm³/mol. The Bertz CT molecular complexity index is 1810. The molecule has 4 aromatic rings. The minimum absolute atomic E-state index is 0.0329. The lowest BCUT2D eigenvalue weighted by molar-refractivity contribution is -0.387. The van der Waals surface area contributed by atoms with Crippen LogP contribution in [0, 0.1) is 20.2 Å². The SMILES string of the molecule is CC(C)c1ccccc1-c1c(/C=C/C(=O)O)ccc(Sc2ccc(/C=C/C(=O)O)c(-c3ccccc3C(C)C)c2[N+](=O)[O-])c1[N+](=O)[O-]. The molecule has 10 nitrogen and oxygen atoms in total. The van der Waals surface area contributed by atoms with Crippen molar-refractivity contribution < 1.29 is 29.6 Å². The molecule has 0 amide bonds. The van der Waals surface area contributed by atoms with Crippen LogP contribution in [0.2, 0.25) is 0 Å². The lowest BCUT2D eigenvalue weighted by Gasteiger charge is -2.18. The number of carboxylic acids is 2. The molecule has 0 saturated heterocycles. The van der Waals surface area contributed by atoms with E-state index >= 15 is 0 Å². The van der Waals surface area contributed by atoms with Crippen molar-refractivity contribution in [3.8, 4) is 22.3 Å². The van der Waals surface area contributed by atoms with E-state index in [1.165, 1.54) is 24.3 Å². The second-order valence-corrected chi connectivity index (χ2v) is 12.3. The molecule has 0 aromatic heterocycles. The second kappa shape index (κ2) is 14.7. The Morgan fingerprint density at radius 3 is 1.32 bits per heavy atom. The van der Waals surface area contributed by atoms with Crippen molar-refractivity contribution >= 4 is 47.2 Å². The predicted octanol–water partition coefficient (Wildman–Crippen LogP) is 9.43. The van der Waals surface area contributed by atoms with Crippen LogP contribution in [0.5, 0.6) is 0 Å². The lowest BCUT2D eigenvalue weighted by Crippen LogP contribution is -2.02. The van der Waals surface area contributed by atoms with Crippen LogP contribution < -0.4 is 0 Å². The zero-order valence-electron chi connectivity index (χ0n) is 26.0. The molecule has 0 aliphatic rings. The Labute approximate surface area is 275 Å². The average Bonchev–Trinajstić information content (AvgIpc) is 3.02. The quantitative estimate of drug-likeness (QED) is 0.0862. The summed E-state index contributed by atoms with van der Waals surface area (Å²) in [5.41, 5.74) is 3.00. The van der Waals surface area contributed by atoms with Crippen molar-refractivity contribution in [2.75, 3.05) is 0 Å². The summed E-state index contributed by atoms with van der Waals surface area (Å²) in [6.45, 7) is 7.76. The molecule has 240 valence electrons. The zero-order chi connectivity index (χ0) is 34.4. The van der Waals surface area contributed by atoms with E-state index in [2.05, 4.69) is 0 Å². The normalized spacial score (nSPS) is 11.5. The van der Waals surface area contributed by atoms with Gasteiger partial charge in [-0.2, -0.15) is 0 Å². The minimum Gasteiger partial charge on any atom is -0.478 e. The number of nitro groups is 2. The van der Waals surface area contributed by atoms with Gasteiger partial charge in [0.25, 0.3) is 11.4 Å². The van der Waals surface area contributed by atoms with E-state index in [9.17, 15) is 40.0 Å². The number of nitro benzene ring substituents is 2. The zero-order valence-corrected chi connectivity index (χ0v) is 26.9. The van der Waals surface area contributed by atoms with Gasteiger partial charge in [0.1, 0.15) is 0 Å². The Morgan fingerprint density at radius 1 is 0.638 bits per heavy atom. The molecule has 0 bridgehead atoms. The van der Waals surface area contributed by atoms with Gasteiger partial charge in [-0.1, -0.05) is 100 Å². The molecule has 0 radical (unpaired) electrons. The number of rotatable bonds is 12. The Morgan fingerprint density at radius 2 is 1.00 bits per heavy atom. The summed E-state index contributed by atoms with van der Waals surface area (Å²) in [5.74, 6) is -2.52. The number of hydrogen-bond acceptors (Lipinski definition) is 7. The first-order valence-electron chi connectivity index (χ1n) is 14.6. The summed E-state index contributed by atoms with van der Waals surface area (Å²) in [4.78, 5) is 47.7. The molecule has 0 heterocycles. The first-order chi connectivity index (χ1) is 22.3. The van der Waals surface area contributed by atoms with Crippen LogP contribution in [0.4, 0.5) is 11.4 Å². The minimum atomic E-state index is -1.23. The highest BCUT2D eigenvalue weighted by atomic mass is 32.2. The van der Waals surface area contributed by atoms with Gasteiger partial charge in [0.15, 0.2) is 0 Å². The van der Waals surface area contributed by atoms with E-state index in [4.69, 9.17) is 0 Å². The third-order valence-electron chi connectivity index (χ3n) is 7.45. The molecule has 47 heavy (non-hydrogen) atoms. The van der Waals surface area contributed by atoms with Gasteiger partial charge in [0, 0.05) is 12.2 Å². The molecule has 0 spiro atoms. The maximum Gasteiger partial charge on any atom is 0.328 e. The van der Waals surface area contributed by atoms with Crippen LogP contribution in [0.15, 0.2) is 94.7 Å². The summed E-state index contributed by atoms with van der Waals surface area (Å²) in [6, 6.07) is 20.3. The molecule has 0 aliphatic heterocycles. The number of carbonyl (C=O) groups is 2. The van der Waals surface area contributed by atoms with E-state index in [-0.39, 0.29) is 44.1 Å². The fourth-order valence-electron chi connectivity index (χ4n) is 5.44. The summed E-state index contributed by atoms with van der Waals surface area (Å²) >= 11 is 0.846. The summed E-state index contributed by atoms with van der Waals surface area (Å²) < 4.78 is 0. The standard InChI is InChI=1S/C36H32N2O8S/c1-21(2)25-9-5-7-11-27(25)33-23(15-19-31(39)40)13-17-29(35(33)37(43)44)47-30-18-14-24(16-20-32(41)42)34(36(30)38(45)46)28-12-8-6-10-26(28)22(3)4/h5-22H,1-4H3,(H,39,40)(H,41,42)/b19-15+,20-16+. The highest BCUT2D eigenvalue weighted by Gasteiger charge is 2.31. The van der Waals surface area contributed by atoms with Gasteiger partial charge in [-0.05, 0) is 69.5 Å². The highest BCUT2D eigenvalue weighted by molar-refractivity contribution is 7.99. The topological polar surface area (TPSA) is 161 Å². The van der Waals surface area contributed by atoms with E-state index < -0.39 is 21.8 Å². The third-order valence-corrected chi connectivity index (χ3v) is 8.55. The van der Waals surface area contributed by atoms with Crippen LogP contribution in [0.25, 0.3) is 34.4 Å². The number of hydrogen-bond donors (Lipinski definition) is 2. The molecular formula is C36H32N2O8S. The summed E-state index contributed by atoms with van der Waals surface area (Å²) in [6.07, 6.45) is 4.40. The van der Waals surface area contributed by atoms with Crippen molar-refractivity contribution in [3.05, 3.63) is 127 Å². The van der Waals surface area contributed by atoms with Gasteiger partial charge >= 0.3 is 11.9 Å². The maximum absolute atomic E-state index is 12.9. The van der Waals surface area contributed by atoms with E-state index in [1.54, 1.807) is 36.4 Å². The van der Waals surface area contributed by atoms with E-state index in [0.29, 0.717) is 22.3 Å². The van der Waals surface area contributed by atoms with Gasteiger partial charge < -0.3 is 10.2 Å². The van der Waals surface area contributed by atoms with Crippen LogP contribution in [-0.4, -0.2) is 32.0 Å². The van der Waals surface area contributed by atoms with E-state index in [0.717, 1.165) is 35.0 Å². The molecule has 0 fully saturated rings. The Balaban J connectivity index is 2.08. The summed E-state index contributed by atoms with van der Waals surface area (Å²) in [7, 11) is 0. The highest BCUT2D eigenvalue weighted by Crippen LogP contribution is 2.50. The number of aliphatic carboxylic acids is 2. The molecule has 4 rings (SSSR count). The third kappa shape index (κ3) is 7.64. The number of nitrogens with zero attached hydrogens (tertiary/aromatic N) is 2.